The first-order chi connectivity index (χ1) is 11.8. The minimum Gasteiger partial charge on any atom is -0.349 e. The molecule has 5 heteroatoms. The van der Waals surface area contributed by atoms with Crippen molar-refractivity contribution in [3.63, 3.8) is 0 Å². The number of thioether (sulfide) groups is 1. The van der Waals surface area contributed by atoms with Gasteiger partial charge in [0.05, 0.1) is 21.8 Å². The highest BCUT2D eigenvalue weighted by Gasteiger charge is 2.13. The summed E-state index contributed by atoms with van der Waals surface area (Å²) in [6, 6.07) is 9.89. The molecule has 0 bridgehead atoms. The Hall–Kier alpha value is -1.16. The molecule has 0 aliphatic heterocycles. The maximum Gasteiger partial charge on any atom is 0.230 e. The second-order valence-electron chi connectivity index (χ2n) is 6.32. The zero-order valence-electron chi connectivity index (χ0n) is 15.0. The summed E-state index contributed by atoms with van der Waals surface area (Å²) in [5.74, 6) is 1.17. The summed E-state index contributed by atoms with van der Waals surface area (Å²) in [5, 5.41) is 4.17. The van der Waals surface area contributed by atoms with Crippen LogP contribution in [0, 0.1) is 20.8 Å². The lowest BCUT2D eigenvalue weighted by Gasteiger charge is -2.18. The largest absolute Gasteiger partial charge is 0.349 e. The molecule has 2 nitrogen and oxygen atoms in total. The van der Waals surface area contributed by atoms with E-state index in [1.807, 2.05) is 19.1 Å². The van der Waals surface area contributed by atoms with Crippen molar-refractivity contribution in [3.8, 4) is 0 Å². The maximum absolute atomic E-state index is 12.2. The first-order valence-corrected chi connectivity index (χ1v) is 10.1. The van der Waals surface area contributed by atoms with Gasteiger partial charge in [0, 0.05) is 5.75 Å². The summed E-state index contributed by atoms with van der Waals surface area (Å²) >= 11 is 13.5. The second kappa shape index (κ2) is 8.98. The smallest absolute Gasteiger partial charge is 0.230 e. The molecule has 2 aromatic carbocycles. The van der Waals surface area contributed by atoms with Crippen molar-refractivity contribution in [2.24, 2.45) is 0 Å². The van der Waals surface area contributed by atoms with Crippen molar-refractivity contribution in [3.05, 3.63) is 68.2 Å². The summed E-state index contributed by atoms with van der Waals surface area (Å²) in [6.45, 7) is 8.32. The molecule has 0 spiro atoms. The molecule has 134 valence electrons. The van der Waals surface area contributed by atoms with Crippen LogP contribution in [0.4, 0.5) is 0 Å². The van der Waals surface area contributed by atoms with Crippen molar-refractivity contribution in [1.82, 2.24) is 5.32 Å². The Morgan fingerprint density at radius 1 is 1.04 bits per heavy atom. The Labute approximate surface area is 164 Å². The molecule has 1 unspecified atom stereocenters. The molecule has 1 N–H and O–H groups in total. The summed E-state index contributed by atoms with van der Waals surface area (Å²) < 4.78 is 0. The van der Waals surface area contributed by atoms with Gasteiger partial charge >= 0.3 is 0 Å². The van der Waals surface area contributed by atoms with Crippen LogP contribution >= 0.6 is 35.0 Å². The average Bonchev–Trinajstić information content (AvgIpc) is 2.54. The van der Waals surface area contributed by atoms with E-state index < -0.39 is 0 Å². The molecule has 1 atom stereocenters. The fourth-order valence-corrected chi connectivity index (χ4v) is 3.81. The number of carbonyl (C=O) groups is 1. The van der Waals surface area contributed by atoms with E-state index in [0.717, 1.165) is 11.3 Å². The molecule has 0 saturated heterocycles. The van der Waals surface area contributed by atoms with Crippen LogP contribution in [0.1, 0.15) is 40.8 Å². The van der Waals surface area contributed by atoms with E-state index in [0.29, 0.717) is 15.8 Å². The zero-order chi connectivity index (χ0) is 18.6. The summed E-state index contributed by atoms with van der Waals surface area (Å²) in [4.78, 5) is 12.2. The summed E-state index contributed by atoms with van der Waals surface area (Å²) in [6.07, 6.45) is 0. The van der Waals surface area contributed by atoms with Gasteiger partial charge in [-0.15, -0.1) is 11.8 Å². The maximum atomic E-state index is 12.2. The van der Waals surface area contributed by atoms with Crippen LogP contribution in [0.5, 0.6) is 0 Å². The van der Waals surface area contributed by atoms with E-state index in [1.54, 1.807) is 17.8 Å². The first-order valence-electron chi connectivity index (χ1n) is 8.16. The zero-order valence-corrected chi connectivity index (χ0v) is 17.3. The molecule has 2 rings (SSSR count). The van der Waals surface area contributed by atoms with E-state index in [2.05, 4.69) is 38.2 Å². The summed E-state index contributed by atoms with van der Waals surface area (Å²) in [5.41, 5.74) is 5.96. The molecule has 0 heterocycles. The number of halogens is 2. The van der Waals surface area contributed by atoms with E-state index in [4.69, 9.17) is 23.2 Å². The van der Waals surface area contributed by atoms with Crippen molar-refractivity contribution >= 4 is 40.9 Å². The number of amides is 1. The minimum absolute atomic E-state index is 0.00243. The highest BCUT2D eigenvalue weighted by atomic mass is 35.5. The molecule has 0 radical (unpaired) electrons. The van der Waals surface area contributed by atoms with Gasteiger partial charge in [-0.1, -0.05) is 41.4 Å². The van der Waals surface area contributed by atoms with E-state index in [-0.39, 0.29) is 11.9 Å². The lowest BCUT2D eigenvalue weighted by Crippen LogP contribution is -2.28. The predicted molar refractivity (Wildman–Crippen MR) is 110 cm³/mol. The monoisotopic (exact) mass is 395 g/mol. The van der Waals surface area contributed by atoms with Gasteiger partial charge in [-0.3, -0.25) is 4.79 Å². The Bertz CT molecular complexity index is 777. The van der Waals surface area contributed by atoms with Gasteiger partial charge in [0.25, 0.3) is 0 Å². The van der Waals surface area contributed by atoms with Crippen molar-refractivity contribution in [2.75, 3.05) is 5.75 Å². The molecule has 0 aromatic heterocycles. The predicted octanol–water partition coefficient (Wildman–Crippen LogP) is 6.03. The van der Waals surface area contributed by atoms with Crippen molar-refractivity contribution in [1.29, 1.82) is 0 Å². The number of benzene rings is 2. The third-order valence-corrected chi connectivity index (χ3v) is 5.96. The lowest BCUT2D eigenvalue weighted by atomic mass is 9.96. The minimum atomic E-state index is -0.00243. The molecule has 0 aliphatic rings. The average molecular weight is 396 g/mol. The van der Waals surface area contributed by atoms with Crippen LogP contribution in [-0.4, -0.2) is 11.7 Å². The highest BCUT2D eigenvalue weighted by Crippen LogP contribution is 2.25. The van der Waals surface area contributed by atoms with Gasteiger partial charge in [0.2, 0.25) is 5.91 Å². The Balaban J connectivity index is 1.87. The number of carbonyl (C=O) groups excluding carboxylic acids is 1. The topological polar surface area (TPSA) is 29.1 Å². The molecule has 2 aromatic rings. The molecular weight excluding hydrogens is 373 g/mol. The van der Waals surface area contributed by atoms with Gasteiger partial charge in [-0.2, -0.15) is 0 Å². The van der Waals surface area contributed by atoms with Gasteiger partial charge in [-0.05, 0) is 67.6 Å². The van der Waals surface area contributed by atoms with Crippen LogP contribution in [0.2, 0.25) is 10.0 Å². The van der Waals surface area contributed by atoms with E-state index in [9.17, 15) is 4.79 Å². The number of nitrogens with one attached hydrogen (secondary N) is 1. The van der Waals surface area contributed by atoms with Crippen molar-refractivity contribution < 1.29 is 4.79 Å². The molecule has 1 amide bonds. The third kappa shape index (κ3) is 5.67. The number of hydrogen-bond acceptors (Lipinski definition) is 2. The second-order valence-corrected chi connectivity index (χ2v) is 8.12. The van der Waals surface area contributed by atoms with E-state index >= 15 is 0 Å². The molecule has 0 aliphatic carbocycles. The number of aryl methyl sites for hydroxylation is 3. The highest BCUT2D eigenvalue weighted by molar-refractivity contribution is 7.99. The molecule has 0 saturated carbocycles. The molecule has 25 heavy (non-hydrogen) atoms. The molecule has 0 fully saturated rings. The van der Waals surface area contributed by atoms with Gasteiger partial charge in [0.1, 0.15) is 0 Å². The third-order valence-electron chi connectivity index (χ3n) is 4.21. The van der Waals surface area contributed by atoms with Gasteiger partial charge in [0.15, 0.2) is 0 Å². The standard InChI is InChI=1S/C20H23Cl2NOS/c1-12-7-14(3)17(8-13(12)2)15(4)23-20(24)11-25-10-16-5-6-18(21)19(22)9-16/h5-9,15H,10-11H2,1-4H3,(H,23,24). The van der Waals surface area contributed by atoms with Crippen LogP contribution in [0.15, 0.2) is 30.3 Å². The van der Waals surface area contributed by atoms with Gasteiger partial charge in [-0.25, -0.2) is 0 Å². The molecular formula is C20H23Cl2NOS. The van der Waals surface area contributed by atoms with Crippen molar-refractivity contribution in [2.45, 2.75) is 39.5 Å². The van der Waals surface area contributed by atoms with Crippen LogP contribution in [0.3, 0.4) is 0 Å². The Morgan fingerprint density at radius 3 is 2.40 bits per heavy atom. The quantitative estimate of drug-likeness (QED) is 0.646. The van der Waals surface area contributed by atoms with Crippen LogP contribution in [0.25, 0.3) is 0 Å². The van der Waals surface area contributed by atoms with Crippen LogP contribution in [-0.2, 0) is 10.5 Å². The normalized spacial score (nSPS) is 12.1. The Morgan fingerprint density at radius 2 is 1.72 bits per heavy atom. The first kappa shape index (κ1) is 20.2. The Kier molecular flexibility index (Phi) is 7.24. The van der Waals surface area contributed by atoms with Crippen LogP contribution < -0.4 is 5.32 Å². The lowest BCUT2D eigenvalue weighted by molar-refractivity contribution is -0.119. The fourth-order valence-electron chi connectivity index (χ4n) is 2.70. The SMILES string of the molecule is Cc1cc(C)c(C(C)NC(=O)CSCc2ccc(Cl)c(Cl)c2)cc1C. The summed E-state index contributed by atoms with van der Waals surface area (Å²) in [7, 11) is 0. The number of hydrogen-bond donors (Lipinski definition) is 1. The fraction of sp³-hybridized carbons (Fsp3) is 0.350. The number of rotatable bonds is 6. The van der Waals surface area contributed by atoms with E-state index in [1.165, 1.54) is 22.3 Å². The van der Waals surface area contributed by atoms with Gasteiger partial charge < -0.3 is 5.32 Å².